The summed E-state index contributed by atoms with van der Waals surface area (Å²) in [6, 6.07) is 0. The fourth-order valence-corrected chi connectivity index (χ4v) is 1.07. The van der Waals surface area contributed by atoms with Crippen molar-refractivity contribution in [2.75, 3.05) is 0 Å². The van der Waals surface area contributed by atoms with Crippen molar-refractivity contribution < 1.29 is 19.8 Å². The maximum absolute atomic E-state index is 10.6. The second kappa shape index (κ2) is 6.81. The van der Waals surface area contributed by atoms with Crippen LogP contribution in [0.2, 0.25) is 0 Å². The molecule has 0 aromatic heterocycles. The molecule has 0 rings (SSSR count). The fraction of sp³-hybridized carbons (Fsp3) is 0.455. The molecule has 0 aromatic carbocycles. The molecule has 0 saturated heterocycles. The number of allylic oxidation sites excluding steroid dienone is 2. The van der Waals surface area contributed by atoms with E-state index >= 15 is 0 Å². The third kappa shape index (κ3) is 6.49. The molecule has 0 saturated carbocycles. The number of rotatable bonds is 6. The number of unbranched alkanes of at least 4 members (excludes halogenated alkanes) is 1. The molecular weight excluding hydrogens is 196 g/mol. The topological polar surface area (TPSA) is 74.6 Å². The van der Waals surface area contributed by atoms with E-state index in [9.17, 15) is 9.59 Å². The minimum Gasteiger partial charge on any atom is -0.478 e. The highest BCUT2D eigenvalue weighted by Crippen LogP contribution is 2.11. The molecule has 0 heterocycles. The van der Waals surface area contributed by atoms with E-state index in [0.29, 0.717) is 12.0 Å². The summed E-state index contributed by atoms with van der Waals surface area (Å²) in [5.41, 5.74) is 0.697. The maximum atomic E-state index is 10.6. The summed E-state index contributed by atoms with van der Waals surface area (Å²) in [6.07, 6.45) is 4.85. The van der Waals surface area contributed by atoms with Gasteiger partial charge >= 0.3 is 11.9 Å². The van der Waals surface area contributed by atoms with Gasteiger partial charge in [-0.2, -0.15) is 0 Å². The van der Waals surface area contributed by atoms with Crippen LogP contribution in [0.1, 0.15) is 33.1 Å². The Morgan fingerprint density at radius 3 is 2.20 bits per heavy atom. The molecule has 15 heavy (non-hydrogen) atoms. The van der Waals surface area contributed by atoms with Crippen LogP contribution in [0, 0.1) is 0 Å². The van der Waals surface area contributed by atoms with Gasteiger partial charge < -0.3 is 10.2 Å². The summed E-state index contributed by atoms with van der Waals surface area (Å²) in [6.45, 7) is 3.44. The molecular formula is C11H16O4. The molecule has 4 nitrogen and oxygen atoms in total. The predicted molar refractivity (Wildman–Crippen MR) is 56.6 cm³/mol. The van der Waals surface area contributed by atoms with E-state index in [2.05, 4.69) is 0 Å². The molecule has 0 unspecified atom stereocenters. The zero-order valence-corrected chi connectivity index (χ0v) is 8.99. The molecule has 0 amide bonds. The van der Waals surface area contributed by atoms with Crippen molar-refractivity contribution in [1.29, 1.82) is 0 Å². The van der Waals surface area contributed by atoms with Gasteiger partial charge in [0.05, 0.1) is 0 Å². The average Bonchev–Trinajstić information content (AvgIpc) is 2.13. The second-order valence-corrected chi connectivity index (χ2v) is 3.29. The van der Waals surface area contributed by atoms with Crippen molar-refractivity contribution in [3.8, 4) is 0 Å². The van der Waals surface area contributed by atoms with Crippen LogP contribution in [-0.4, -0.2) is 22.2 Å². The molecule has 84 valence electrons. The van der Waals surface area contributed by atoms with Crippen LogP contribution in [0.25, 0.3) is 0 Å². The Bertz CT molecular complexity index is 300. The van der Waals surface area contributed by atoms with E-state index in [1.54, 1.807) is 0 Å². The van der Waals surface area contributed by atoms with Crippen LogP contribution in [0.15, 0.2) is 23.3 Å². The first-order valence-corrected chi connectivity index (χ1v) is 4.82. The van der Waals surface area contributed by atoms with Gasteiger partial charge in [0.1, 0.15) is 0 Å². The summed E-state index contributed by atoms with van der Waals surface area (Å²) in [5, 5.41) is 17.2. The van der Waals surface area contributed by atoms with Gasteiger partial charge in [0.2, 0.25) is 0 Å². The predicted octanol–water partition coefficient (Wildman–Crippen LogP) is 2.22. The number of carbonyl (C=O) groups is 2. The minimum atomic E-state index is -1.05. The highest BCUT2D eigenvalue weighted by atomic mass is 16.4. The van der Waals surface area contributed by atoms with Gasteiger partial charge in [0.15, 0.2) is 0 Å². The lowest BCUT2D eigenvalue weighted by Crippen LogP contribution is -1.98. The Labute approximate surface area is 88.9 Å². The third-order valence-corrected chi connectivity index (χ3v) is 1.87. The molecule has 0 aliphatic heterocycles. The summed E-state index contributed by atoms with van der Waals surface area (Å²) in [5.74, 6) is -2.07. The van der Waals surface area contributed by atoms with E-state index < -0.39 is 11.9 Å². The quantitative estimate of drug-likeness (QED) is 0.523. The van der Waals surface area contributed by atoms with Crippen molar-refractivity contribution in [1.82, 2.24) is 0 Å². The van der Waals surface area contributed by atoms with Gasteiger partial charge in [-0.15, -0.1) is 0 Å². The fourth-order valence-electron chi connectivity index (χ4n) is 1.07. The monoisotopic (exact) mass is 212 g/mol. The van der Waals surface area contributed by atoms with Crippen LogP contribution in [0.5, 0.6) is 0 Å². The summed E-state index contributed by atoms with van der Waals surface area (Å²) in [7, 11) is 0. The van der Waals surface area contributed by atoms with Crippen molar-refractivity contribution in [2.45, 2.75) is 33.1 Å². The summed E-state index contributed by atoms with van der Waals surface area (Å²) < 4.78 is 0. The number of hydrogen-bond donors (Lipinski definition) is 2. The number of carboxylic acid groups (broad SMARTS) is 2. The zero-order valence-electron chi connectivity index (χ0n) is 8.99. The average molecular weight is 212 g/mol. The Hall–Kier alpha value is -1.58. The SMILES string of the molecule is CCCCC(=CC(=O)O)C=C(C)C(=O)O. The van der Waals surface area contributed by atoms with Crippen LogP contribution in [0.4, 0.5) is 0 Å². The lowest BCUT2D eigenvalue weighted by molar-refractivity contribution is -0.133. The van der Waals surface area contributed by atoms with Crippen molar-refractivity contribution in [2.24, 2.45) is 0 Å². The lowest BCUT2D eigenvalue weighted by Gasteiger charge is -2.01. The van der Waals surface area contributed by atoms with Gasteiger partial charge in [-0.05, 0) is 31.4 Å². The third-order valence-electron chi connectivity index (χ3n) is 1.87. The molecule has 4 heteroatoms. The Kier molecular flexibility index (Phi) is 6.09. The Morgan fingerprint density at radius 2 is 1.80 bits per heavy atom. The van der Waals surface area contributed by atoms with E-state index in [0.717, 1.165) is 18.9 Å². The maximum Gasteiger partial charge on any atom is 0.331 e. The molecule has 0 aliphatic rings. The van der Waals surface area contributed by atoms with E-state index in [-0.39, 0.29) is 5.57 Å². The highest BCUT2D eigenvalue weighted by molar-refractivity contribution is 5.87. The lowest BCUT2D eigenvalue weighted by atomic mass is 10.1. The first-order chi connectivity index (χ1) is 6.97. The van der Waals surface area contributed by atoms with Crippen molar-refractivity contribution in [3.05, 3.63) is 23.3 Å². The molecule has 0 bridgehead atoms. The van der Waals surface area contributed by atoms with Gasteiger partial charge in [0.25, 0.3) is 0 Å². The molecule has 0 radical (unpaired) electrons. The van der Waals surface area contributed by atoms with Crippen LogP contribution in [0.3, 0.4) is 0 Å². The van der Waals surface area contributed by atoms with E-state index in [1.165, 1.54) is 13.0 Å². The Morgan fingerprint density at radius 1 is 1.20 bits per heavy atom. The number of aliphatic carboxylic acids is 2. The van der Waals surface area contributed by atoms with Crippen molar-refractivity contribution >= 4 is 11.9 Å². The summed E-state index contributed by atoms with van der Waals surface area (Å²) >= 11 is 0. The van der Waals surface area contributed by atoms with E-state index in [1.807, 2.05) is 6.92 Å². The minimum absolute atomic E-state index is 0.151. The number of hydrogen-bond acceptors (Lipinski definition) is 2. The van der Waals surface area contributed by atoms with Crippen LogP contribution in [-0.2, 0) is 9.59 Å². The van der Waals surface area contributed by atoms with E-state index in [4.69, 9.17) is 10.2 Å². The largest absolute Gasteiger partial charge is 0.478 e. The zero-order chi connectivity index (χ0) is 11.8. The van der Waals surface area contributed by atoms with Crippen LogP contribution >= 0.6 is 0 Å². The van der Waals surface area contributed by atoms with Gasteiger partial charge in [-0.1, -0.05) is 13.3 Å². The standard InChI is InChI=1S/C11H16O4/c1-3-4-5-9(7-10(12)13)6-8(2)11(14)15/h6-7H,3-5H2,1-2H3,(H,12,13)(H,14,15). The van der Waals surface area contributed by atoms with Crippen molar-refractivity contribution in [3.63, 3.8) is 0 Å². The second-order valence-electron chi connectivity index (χ2n) is 3.29. The number of carboxylic acids is 2. The Balaban J connectivity index is 4.72. The first-order valence-electron chi connectivity index (χ1n) is 4.82. The summed E-state index contributed by atoms with van der Waals surface area (Å²) in [4.78, 5) is 21.0. The van der Waals surface area contributed by atoms with Gasteiger partial charge in [0, 0.05) is 11.6 Å². The highest BCUT2D eigenvalue weighted by Gasteiger charge is 2.03. The molecule has 2 N–H and O–H groups in total. The smallest absolute Gasteiger partial charge is 0.331 e. The van der Waals surface area contributed by atoms with Crippen LogP contribution < -0.4 is 0 Å². The van der Waals surface area contributed by atoms with Gasteiger partial charge in [-0.25, -0.2) is 9.59 Å². The molecule has 0 aliphatic carbocycles. The molecule has 0 aromatic rings. The molecule has 0 spiro atoms. The van der Waals surface area contributed by atoms with Gasteiger partial charge in [-0.3, -0.25) is 0 Å². The molecule has 0 fully saturated rings. The first kappa shape index (κ1) is 13.4. The molecule has 0 atom stereocenters. The normalized spacial score (nSPS) is 12.7.